The van der Waals surface area contributed by atoms with Gasteiger partial charge >= 0.3 is 10.4 Å². The number of rotatable bonds is 3. The zero-order valence-electron chi connectivity index (χ0n) is 14.0. The summed E-state index contributed by atoms with van der Waals surface area (Å²) in [4.78, 5) is 14.6. The lowest BCUT2D eigenvalue weighted by Crippen LogP contribution is -2.38. The van der Waals surface area contributed by atoms with Crippen LogP contribution < -0.4 is 4.90 Å². The maximum atomic E-state index is 13.1. The second-order valence-electron chi connectivity index (χ2n) is 5.87. The average molecular weight is 429 g/mol. The quantitative estimate of drug-likeness (QED) is 0.590. The maximum absolute atomic E-state index is 13.1. The zero-order valence-corrected chi connectivity index (χ0v) is 16.3. The first-order chi connectivity index (χ1) is 12.7. The molecule has 0 aromatic heterocycles. The van der Waals surface area contributed by atoms with Gasteiger partial charge in [0.05, 0.1) is 11.4 Å². The standard InChI is InChI=1S/C17H14Cl2N2O5S/c1-10-8-11(18)2-4-13(10)17(22)21-7-6-15(20-26-27(23,24)25)14-5-3-12(19)9-16(14)21/h2-5,8-9H,6-7H2,1H3,(H,23,24,25)/b20-15-. The monoisotopic (exact) mass is 428 g/mol. The number of benzene rings is 2. The first-order valence-electron chi connectivity index (χ1n) is 7.76. The van der Waals surface area contributed by atoms with Crippen molar-refractivity contribution in [3.05, 3.63) is 63.1 Å². The molecule has 0 aliphatic carbocycles. The van der Waals surface area contributed by atoms with Crippen molar-refractivity contribution in [3.8, 4) is 0 Å². The van der Waals surface area contributed by atoms with E-state index in [9.17, 15) is 13.2 Å². The van der Waals surface area contributed by atoms with Crippen LogP contribution in [0.5, 0.6) is 0 Å². The molecule has 2 aromatic rings. The van der Waals surface area contributed by atoms with Gasteiger partial charge in [0, 0.05) is 34.1 Å². The molecule has 1 heterocycles. The SMILES string of the molecule is Cc1cc(Cl)ccc1C(=O)N1CC/C(=N/OS(=O)(=O)O)c2ccc(Cl)cc21. The Morgan fingerprint density at radius 2 is 1.85 bits per heavy atom. The molecule has 10 heteroatoms. The number of hydrogen-bond acceptors (Lipinski definition) is 5. The molecule has 0 radical (unpaired) electrons. The number of nitrogens with zero attached hydrogens (tertiary/aromatic N) is 2. The molecule has 0 saturated carbocycles. The summed E-state index contributed by atoms with van der Waals surface area (Å²) in [6, 6.07) is 9.77. The number of oxime groups is 1. The zero-order chi connectivity index (χ0) is 19.8. The van der Waals surface area contributed by atoms with Crippen LogP contribution >= 0.6 is 23.2 Å². The second kappa shape index (κ2) is 7.47. The Balaban J connectivity index is 2.03. The number of halogens is 2. The summed E-state index contributed by atoms with van der Waals surface area (Å²) in [5, 5.41) is 4.43. The Hall–Kier alpha value is -2.13. The largest absolute Gasteiger partial charge is 0.466 e. The van der Waals surface area contributed by atoms with Crippen molar-refractivity contribution in [2.24, 2.45) is 5.16 Å². The fourth-order valence-corrected chi connectivity index (χ4v) is 3.43. The molecule has 0 bridgehead atoms. The molecule has 0 unspecified atom stereocenters. The van der Waals surface area contributed by atoms with Crippen LogP contribution in [-0.4, -0.2) is 31.1 Å². The molecule has 0 fully saturated rings. The minimum atomic E-state index is -4.72. The van der Waals surface area contributed by atoms with E-state index in [0.29, 0.717) is 26.9 Å². The third kappa shape index (κ3) is 4.41. The Morgan fingerprint density at radius 3 is 2.52 bits per heavy atom. The van der Waals surface area contributed by atoms with E-state index in [2.05, 4.69) is 9.44 Å². The van der Waals surface area contributed by atoms with Crippen LogP contribution in [0.15, 0.2) is 41.6 Å². The molecule has 0 saturated heterocycles. The Morgan fingerprint density at radius 1 is 1.19 bits per heavy atom. The molecule has 3 rings (SSSR count). The fourth-order valence-electron chi connectivity index (χ4n) is 2.86. The molecule has 2 aromatic carbocycles. The molecular formula is C17H14Cl2N2O5S. The minimum absolute atomic E-state index is 0.224. The number of aryl methyl sites for hydroxylation is 1. The second-order valence-corrected chi connectivity index (χ2v) is 7.75. The van der Waals surface area contributed by atoms with E-state index in [1.807, 2.05) is 0 Å². The van der Waals surface area contributed by atoms with E-state index < -0.39 is 10.4 Å². The topological polar surface area (TPSA) is 96.3 Å². The lowest BCUT2D eigenvalue weighted by atomic mass is 9.98. The first kappa shape index (κ1) is 19.6. The number of anilines is 1. The van der Waals surface area contributed by atoms with E-state index in [-0.39, 0.29) is 24.6 Å². The first-order valence-corrected chi connectivity index (χ1v) is 9.88. The summed E-state index contributed by atoms with van der Waals surface area (Å²) in [6.45, 7) is 2.01. The number of fused-ring (bicyclic) bond motifs is 1. The van der Waals surface area contributed by atoms with Gasteiger partial charge < -0.3 is 4.90 Å². The van der Waals surface area contributed by atoms with Crippen molar-refractivity contribution in [2.75, 3.05) is 11.4 Å². The number of amides is 1. The van der Waals surface area contributed by atoms with E-state index in [1.54, 1.807) is 43.3 Å². The summed E-state index contributed by atoms with van der Waals surface area (Å²) in [5.41, 5.74) is 2.43. The predicted molar refractivity (Wildman–Crippen MR) is 103 cm³/mol. The summed E-state index contributed by atoms with van der Waals surface area (Å²) >= 11 is 12.0. The van der Waals surface area contributed by atoms with E-state index in [0.717, 1.165) is 5.56 Å². The Kier molecular flexibility index (Phi) is 5.43. The maximum Gasteiger partial charge on any atom is 0.466 e. The van der Waals surface area contributed by atoms with Crippen LogP contribution in [0.4, 0.5) is 5.69 Å². The van der Waals surface area contributed by atoms with Gasteiger partial charge in [-0.15, -0.1) is 0 Å². The minimum Gasteiger partial charge on any atom is -0.307 e. The molecule has 27 heavy (non-hydrogen) atoms. The third-order valence-electron chi connectivity index (χ3n) is 4.04. The number of carbonyl (C=O) groups excluding carboxylic acids is 1. The van der Waals surface area contributed by atoms with Crippen LogP contribution in [0, 0.1) is 6.92 Å². The lowest BCUT2D eigenvalue weighted by Gasteiger charge is -2.30. The molecule has 7 nitrogen and oxygen atoms in total. The van der Waals surface area contributed by atoms with Crippen LogP contribution in [0.25, 0.3) is 0 Å². The molecular weight excluding hydrogens is 415 g/mol. The lowest BCUT2D eigenvalue weighted by molar-refractivity contribution is 0.0986. The van der Waals surface area contributed by atoms with Gasteiger partial charge in [-0.3, -0.25) is 9.35 Å². The fraction of sp³-hybridized carbons (Fsp3) is 0.176. The highest BCUT2D eigenvalue weighted by molar-refractivity contribution is 7.80. The van der Waals surface area contributed by atoms with Gasteiger partial charge in [-0.05, 0) is 48.9 Å². The van der Waals surface area contributed by atoms with Crippen molar-refractivity contribution < 1.29 is 22.0 Å². The Labute approximate surface area is 166 Å². The summed E-state index contributed by atoms with van der Waals surface area (Å²) < 4.78 is 34.4. The summed E-state index contributed by atoms with van der Waals surface area (Å²) in [7, 11) is -4.72. The van der Waals surface area contributed by atoms with E-state index >= 15 is 0 Å². The average Bonchev–Trinajstić information content (AvgIpc) is 2.58. The molecule has 1 amide bonds. The molecule has 0 spiro atoms. The molecule has 0 atom stereocenters. The van der Waals surface area contributed by atoms with E-state index in [4.69, 9.17) is 27.8 Å². The van der Waals surface area contributed by atoms with Gasteiger partial charge in [-0.2, -0.15) is 8.42 Å². The van der Waals surface area contributed by atoms with E-state index in [1.165, 1.54) is 4.90 Å². The molecule has 1 aliphatic rings. The molecule has 1 N–H and O–H groups in total. The summed E-state index contributed by atoms with van der Waals surface area (Å²) in [6.07, 6.45) is 0.225. The molecule has 142 valence electrons. The van der Waals surface area contributed by atoms with Crippen molar-refractivity contribution in [3.63, 3.8) is 0 Å². The van der Waals surface area contributed by atoms with Gasteiger partial charge in [-0.1, -0.05) is 28.4 Å². The normalized spacial score (nSPS) is 15.6. The Bertz CT molecular complexity index is 1050. The summed E-state index contributed by atoms with van der Waals surface area (Å²) in [5.74, 6) is -0.248. The van der Waals surface area contributed by atoms with Crippen molar-refractivity contribution in [1.29, 1.82) is 0 Å². The van der Waals surface area contributed by atoms with Crippen LogP contribution in [-0.2, 0) is 14.7 Å². The van der Waals surface area contributed by atoms with Crippen LogP contribution in [0.2, 0.25) is 10.0 Å². The highest BCUT2D eigenvalue weighted by Gasteiger charge is 2.28. The number of carbonyl (C=O) groups is 1. The van der Waals surface area contributed by atoms with Gasteiger partial charge in [0.15, 0.2) is 0 Å². The van der Waals surface area contributed by atoms with Crippen molar-refractivity contribution >= 4 is 50.9 Å². The smallest absolute Gasteiger partial charge is 0.307 e. The van der Waals surface area contributed by atoms with Crippen molar-refractivity contribution in [2.45, 2.75) is 13.3 Å². The van der Waals surface area contributed by atoms with Crippen LogP contribution in [0.1, 0.15) is 27.9 Å². The van der Waals surface area contributed by atoms with Crippen molar-refractivity contribution in [1.82, 2.24) is 0 Å². The van der Waals surface area contributed by atoms with Gasteiger partial charge in [-0.25, -0.2) is 4.28 Å². The predicted octanol–water partition coefficient (Wildman–Crippen LogP) is 3.88. The highest BCUT2D eigenvalue weighted by atomic mass is 35.5. The van der Waals surface area contributed by atoms with Crippen LogP contribution in [0.3, 0.4) is 0 Å². The number of hydrogen-bond donors (Lipinski definition) is 1. The highest BCUT2D eigenvalue weighted by Crippen LogP contribution is 2.32. The third-order valence-corrected chi connectivity index (χ3v) is 4.77. The van der Waals surface area contributed by atoms with Gasteiger partial charge in [0.25, 0.3) is 5.91 Å². The van der Waals surface area contributed by atoms with Gasteiger partial charge in [0.2, 0.25) is 0 Å². The molecule has 1 aliphatic heterocycles. The van der Waals surface area contributed by atoms with Gasteiger partial charge in [0.1, 0.15) is 0 Å².